The lowest BCUT2D eigenvalue weighted by Gasteiger charge is -1.95. The molecule has 0 aliphatic heterocycles. The van der Waals surface area contributed by atoms with Gasteiger partial charge in [-0.15, -0.1) is 18.9 Å². The molecule has 0 fully saturated rings. The lowest BCUT2D eigenvalue weighted by atomic mass is 10.2. The predicted octanol–water partition coefficient (Wildman–Crippen LogP) is 3.51. The van der Waals surface area contributed by atoms with Crippen LogP contribution < -0.4 is 0 Å². The molecule has 0 heterocycles. The molecule has 0 amide bonds. The van der Waals surface area contributed by atoms with Crippen LogP contribution in [0.3, 0.4) is 0 Å². The highest BCUT2D eigenvalue weighted by atomic mass is 14.7. The molecule has 0 unspecified atom stereocenters. The molecule has 74 valence electrons. The van der Waals surface area contributed by atoms with E-state index < -0.39 is 0 Å². The molecule has 0 spiro atoms. The summed E-state index contributed by atoms with van der Waals surface area (Å²) in [4.78, 5) is 4.32. The summed E-state index contributed by atoms with van der Waals surface area (Å²) in [6.07, 6.45) is 14.4. The summed E-state index contributed by atoms with van der Waals surface area (Å²) in [5, 5.41) is 0. The van der Waals surface area contributed by atoms with Gasteiger partial charge in [0.25, 0.3) is 0 Å². The molecule has 0 aromatic carbocycles. The van der Waals surface area contributed by atoms with Gasteiger partial charge < -0.3 is 0 Å². The summed E-state index contributed by atoms with van der Waals surface area (Å²) in [5.41, 5.74) is 1.94. The molecule has 14 heavy (non-hydrogen) atoms. The third-order valence-electron chi connectivity index (χ3n) is 1.38. The van der Waals surface area contributed by atoms with Crippen molar-refractivity contribution in [2.24, 2.45) is 4.99 Å². The van der Waals surface area contributed by atoms with E-state index >= 15 is 0 Å². The fraction of sp³-hybridized carbons (Fsp3) is 0.308. The zero-order valence-corrected chi connectivity index (χ0v) is 8.96. The number of nitrogens with zero attached hydrogens (tertiary/aromatic N) is 1. The number of allylic oxidation sites excluding steroid dienone is 5. The van der Waals surface area contributed by atoms with Crippen LogP contribution in [0.4, 0.5) is 0 Å². The minimum absolute atomic E-state index is 0.573. The lowest BCUT2D eigenvalue weighted by Crippen LogP contribution is -1.84. The largest absolute Gasteiger partial charge is 0.262 e. The monoisotopic (exact) mass is 187 g/mol. The summed E-state index contributed by atoms with van der Waals surface area (Å²) in [6, 6.07) is 0. The lowest BCUT2D eigenvalue weighted by molar-refractivity contribution is 1.19. The normalized spacial score (nSPS) is 11.1. The first-order chi connectivity index (χ1) is 6.70. The zero-order valence-electron chi connectivity index (χ0n) is 8.96. The van der Waals surface area contributed by atoms with E-state index in [1.54, 1.807) is 0 Å². The molecule has 0 radical (unpaired) electrons. The van der Waals surface area contributed by atoms with Crippen LogP contribution in [0.1, 0.15) is 26.7 Å². The van der Waals surface area contributed by atoms with Gasteiger partial charge in [-0.2, -0.15) is 0 Å². The van der Waals surface area contributed by atoms with Crippen molar-refractivity contribution in [3.63, 3.8) is 0 Å². The molecule has 0 aliphatic carbocycles. The smallest absolute Gasteiger partial charge is 0.0521 e. The van der Waals surface area contributed by atoms with Gasteiger partial charge in [0.05, 0.1) is 12.1 Å². The molecule has 0 saturated heterocycles. The first kappa shape index (κ1) is 12.4. The second-order valence-corrected chi connectivity index (χ2v) is 3.05. The van der Waals surface area contributed by atoms with Crippen LogP contribution in [0.15, 0.2) is 41.6 Å². The Balaban J connectivity index is 4.41. The van der Waals surface area contributed by atoms with E-state index in [0.717, 1.165) is 17.8 Å². The van der Waals surface area contributed by atoms with E-state index in [2.05, 4.69) is 17.5 Å². The second-order valence-electron chi connectivity index (χ2n) is 3.05. The Morgan fingerprint density at radius 3 is 2.71 bits per heavy atom. The summed E-state index contributed by atoms with van der Waals surface area (Å²) in [5.74, 6) is 2.58. The van der Waals surface area contributed by atoms with E-state index in [-0.39, 0.29) is 0 Å². The summed E-state index contributed by atoms with van der Waals surface area (Å²) in [7, 11) is 0. The Kier molecular flexibility index (Phi) is 7.17. The maximum Gasteiger partial charge on any atom is 0.0521 e. The molecule has 0 aromatic rings. The van der Waals surface area contributed by atoms with Crippen molar-refractivity contribution in [2.45, 2.75) is 26.7 Å². The van der Waals surface area contributed by atoms with Gasteiger partial charge in [-0.05, 0) is 26.3 Å². The zero-order chi connectivity index (χ0) is 10.8. The highest BCUT2D eigenvalue weighted by Gasteiger charge is 1.89. The molecule has 0 atom stereocenters. The van der Waals surface area contributed by atoms with Crippen molar-refractivity contribution in [1.29, 1.82) is 0 Å². The Hall–Kier alpha value is -1.55. The van der Waals surface area contributed by atoms with Crippen molar-refractivity contribution in [3.8, 4) is 12.3 Å². The average molecular weight is 187 g/mol. The van der Waals surface area contributed by atoms with Gasteiger partial charge in [-0.3, -0.25) is 4.99 Å². The van der Waals surface area contributed by atoms with Crippen molar-refractivity contribution < 1.29 is 0 Å². The first-order valence-corrected chi connectivity index (χ1v) is 4.62. The van der Waals surface area contributed by atoms with Gasteiger partial charge in [0.15, 0.2) is 0 Å². The quantitative estimate of drug-likeness (QED) is 0.270. The van der Waals surface area contributed by atoms with Crippen LogP contribution in [0.2, 0.25) is 0 Å². The molecule has 1 nitrogen and oxygen atoms in total. The fourth-order valence-corrected chi connectivity index (χ4v) is 0.881. The van der Waals surface area contributed by atoms with Crippen molar-refractivity contribution in [1.82, 2.24) is 0 Å². The van der Waals surface area contributed by atoms with Crippen molar-refractivity contribution in [3.05, 3.63) is 36.6 Å². The Morgan fingerprint density at radius 2 is 2.21 bits per heavy atom. The van der Waals surface area contributed by atoms with Crippen LogP contribution in [0.5, 0.6) is 0 Å². The summed E-state index contributed by atoms with van der Waals surface area (Å²) < 4.78 is 0. The van der Waals surface area contributed by atoms with Crippen molar-refractivity contribution >= 4 is 5.71 Å². The maximum absolute atomic E-state index is 5.24. The molecule has 1 heteroatoms. The second kappa shape index (κ2) is 8.07. The SMILES string of the molecule is C#CC/C(=C\C=C/CC=C)N=C(C)C. The molecule has 0 aliphatic rings. The minimum Gasteiger partial charge on any atom is -0.262 e. The van der Waals surface area contributed by atoms with Gasteiger partial charge in [-0.25, -0.2) is 0 Å². The number of aliphatic imine (C=N–C) groups is 1. The first-order valence-electron chi connectivity index (χ1n) is 4.62. The number of terminal acetylenes is 1. The number of hydrogen-bond acceptors (Lipinski definition) is 1. The Morgan fingerprint density at radius 1 is 1.50 bits per heavy atom. The van der Waals surface area contributed by atoms with E-state index in [1.165, 1.54) is 0 Å². The van der Waals surface area contributed by atoms with Crippen LogP contribution in [-0.4, -0.2) is 5.71 Å². The van der Waals surface area contributed by atoms with E-state index in [9.17, 15) is 0 Å². The topological polar surface area (TPSA) is 12.4 Å². The predicted molar refractivity (Wildman–Crippen MR) is 64.3 cm³/mol. The maximum atomic E-state index is 5.24. The van der Waals surface area contributed by atoms with E-state index in [0.29, 0.717) is 6.42 Å². The van der Waals surface area contributed by atoms with E-state index in [4.69, 9.17) is 6.42 Å². The molecule has 0 N–H and O–H groups in total. The average Bonchev–Trinajstić information content (AvgIpc) is 2.12. The van der Waals surface area contributed by atoms with Gasteiger partial charge in [-0.1, -0.05) is 18.2 Å². The molecule has 0 aromatic heterocycles. The highest BCUT2D eigenvalue weighted by molar-refractivity contribution is 5.80. The molecular formula is C13H17N. The highest BCUT2D eigenvalue weighted by Crippen LogP contribution is 2.03. The Bertz CT molecular complexity index is 294. The molecule has 0 rings (SSSR count). The third kappa shape index (κ3) is 7.12. The fourth-order valence-electron chi connectivity index (χ4n) is 0.881. The van der Waals surface area contributed by atoms with E-state index in [1.807, 2.05) is 38.2 Å². The summed E-state index contributed by atoms with van der Waals surface area (Å²) in [6.45, 7) is 7.54. The standard InChI is InChI=1S/C13H17N/c1-5-7-8-9-11-13(10-6-2)14-12(3)4/h2,5,8-9,11H,1,7,10H2,3-4H3/b9-8-,13-11+. The van der Waals surface area contributed by atoms with Gasteiger partial charge in [0.1, 0.15) is 0 Å². The van der Waals surface area contributed by atoms with Crippen LogP contribution in [0, 0.1) is 12.3 Å². The van der Waals surface area contributed by atoms with Gasteiger partial charge in [0.2, 0.25) is 0 Å². The third-order valence-corrected chi connectivity index (χ3v) is 1.38. The Labute approximate surface area is 86.9 Å². The van der Waals surface area contributed by atoms with Crippen LogP contribution in [-0.2, 0) is 0 Å². The molecule has 0 bridgehead atoms. The minimum atomic E-state index is 0.573. The number of rotatable bonds is 5. The van der Waals surface area contributed by atoms with Gasteiger partial charge >= 0.3 is 0 Å². The summed E-state index contributed by atoms with van der Waals surface area (Å²) >= 11 is 0. The molecule has 0 saturated carbocycles. The number of hydrogen-bond donors (Lipinski definition) is 0. The van der Waals surface area contributed by atoms with Crippen LogP contribution >= 0.6 is 0 Å². The molecular weight excluding hydrogens is 170 g/mol. The van der Waals surface area contributed by atoms with Gasteiger partial charge in [0, 0.05) is 5.71 Å². The van der Waals surface area contributed by atoms with Crippen LogP contribution in [0.25, 0.3) is 0 Å². The van der Waals surface area contributed by atoms with Crippen molar-refractivity contribution in [2.75, 3.05) is 0 Å².